The third-order valence-electron chi connectivity index (χ3n) is 13.2. The van der Waals surface area contributed by atoms with E-state index in [0.29, 0.717) is 65.3 Å². The van der Waals surface area contributed by atoms with Crippen molar-refractivity contribution in [2.75, 3.05) is 6.54 Å². The van der Waals surface area contributed by atoms with Crippen LogP contribution < -0.4 is 5.43 Å². The second kappa shape index (κ2) is 10.5. The van der Waals surface area contributed by atoms with Gasteiger partial charge in [0.2, 0.25) is 0 Å². The smallest absolute Gasteiger partial charge is 0.162 e. The normalized spacial score (nSPS) is 57.7. The Balaban J connectivity index is 1.34. The summed E-state index contributed by atoms with van der Waals surface area (Å²) < 4.78 is 28.2. The molecular weight excluding hydrogens is 488 g/mol. The summed E-state index contributed by atoms with van der Waals surface area (Å²) in [6.07, 6.45) is 10.0. The van der Waals surface area contributed by atoms with Crippen molar-refractivity contribution in [3.05, 3.63) is 0 Å². The average Bonchev–Trinajstić information content (AvgIpc) is 3.21. The highest BCUT2D eigenvalue weighted by molar-refractivity contribution is 5.89. The van der Waals surface area contributed by atoms with Crippen molar-refractivity contribution in [1.82, 2.24) is 5.43 Å². The largest absolute Gasteiger partial charge is 0.349 e. The number of nitrogens with one attached hydrogen (secondary N) is 1. The Morgan fingerprint density at radius 2 is 1.36 bits per heavy atom. The van der Waals surface area contributed by atoms with Crippen LogP contribution in [-0.4, -0.2) is 49.3 Å². The van der Waals surface area contributed by atoms with Gasteiger partial charge in [-0.3, -0.25) is 0 Å². The van der Waals surface area contributed by atoms with Gasteiger partial charge < -0.3 is 24.4 Å². The summed E-state index contributed by atoms with van der Waals surface area (Å²) >= 11 is 0. The summed E-state index contributed by atoms with van der Waals surface area (Å²) in [7, 11) is 0. The van der Waals surface area contributed by atoms with Crippen LogP contribution in [0.15, 0.2) is 5.10 Å². The summed E-state index contributed by atoms with van der Waals surface area (Å²) in [5.41, 5.74) is 4.46. The van der Waals surface area contributed by atoms with E-state index < -0.39 is 0 Å². The first-order chi connectivity index (χ1) is 18.9. The van der Waals surface area contributed by atoms with Gasteiger partial charge in [-0.2, -0.15) is 5.10 Å². The van der Waals surface area contributed by atoms with Gasteiger partial charge in [0.15, 0.2) is 12.6 Å². The minimum absolute atomic E-state index is 0.0185. The Morgan fingerprint density at radius 3 is 2.18 bits per heavy atom. The molecule has 220 valence electrons. The third kappa shape index (κ3) is 4.44. The minimum atomic E-state index is -0.101. The number of ether oxygens (including phenoxy) is 4. The van der Waals surface area contributed by atoms with Crippen LogP contribution in [0.4, 0.5) is 0 Å². The predicted octanol–water partition coefficient (Wildman–Crippen LogP) is 6.24. The average molecular weight is 543 g/mol. The van der Waals surface area contributed by atoms with Gasteiger partial charge in [-0.05, 0) is 106 Å². The lowest BCUT2D eigenvalue weighted by molar-refractivity contribution is -0.298. The van der Waals surface area contributed by atoms with Gasteiger partial charge in [0, 0.05) is 24.8 Å². The zero-order valence-electron chi connectivity index (χ0n) is 25.3. The molecule has 1 N–H and O–H groups in total. The van der Waals surface area contributed by atoms with Crippen molar-refractivity contribution in [1.29, 1.82) is 0 Å². The fourth-order valence-corrected chi connectivity index (χ4v) is 11.0. The van der Waals surface area contributed by atoms with Gasteiger partial charge in [0.05, 0.1) is 24.0 Å². The Bertz CT molecular complexity index is 927. The van der Waals surface area contributed by atoms with Crippen LogP contribution in [0.3, 0.4) is 0 Å². The maximum atomic E-state index is 7.31. The molecule has 0 aromatic heterocycles. The first-order valence-electron chi connectivity index (χ1n) is 16.8. The van der Waals surface area contributed by atoms with Crippen LogP contribution in [0, 0.1) is 65.1 Å². The Morgan fingerprint density at radius 1 is 0.667 bits per heavy atom. The third-order valence-corrected chi connectivity index (χ3v) is 13.2. The molecule has 39 heavy (non-hydrogen) atoms. The van der Waals surface area contributed by atoms with Crippen LogP contribution >= 0.6 is 0 Å². The van der Waals surface area contributed by atoms with Crippen molar-refractivity contribution >= 4 is 5.71 Å². The van der Waals surface area contributed by atoms with Crippen molar-refractivity contribution in [3.8, 4) is 0 Å². The topological polar surface area (TPSA) is 61.3 Å². The maximum Gasteiger partial charge on any atom is 0.162 e. The van der Waals surface area contributed by atoms with E-state index in [1.54, 1.807) is 0 Å². The Labute approximate surface area is 236 Å². The molecule has 0 spiro atoms. The first-order valence-corrected chi connectivity index (χ1v) is 16.8. The van der Waals surface area contributed by atoms with E-state index in [4.69, 9.17) is 24.0 Å². The van der Waals surface area contributed by atoms with Crippen LogP contribution in [0.5, 0.6) is 0 Å². The number of hydrazone groups is 1. The van der Waals surface area contributed by atoms with Crippen molar-refractivity contribution in [2.24, 2.45) is 70.2 Å². The van der Waals surface area contributed by atoms with E-state index in [9.17, 15) is 0 Å². The Hall–Kier alpha value is -0.690. The van der Waals surface area contributed by atoms with E-state index in [1.165, 1.54) is 38.5 Å². The van der Waals surface area contributed by atoms with Gasteiger partial charge in [-0.15, -0.1) is 0 Å². The molecule has 6 nitrogen and oxygen atoms in total. The summed E-state index contributed by atoms with van der Waals surface area (Å²) in [6, 6.07) is 0. The standard InChI is InChI=1S/C33H54N2O4/c1-7-34-35-26-15-28-19(5)25-14-24(18(4)22-11-9-17(3)36-32(38-28)30(22)25)27-13-12-21-16(2)8-10-23-20(6)31(26)39-33(37-27)29(21)23/h16-25,27-34H,7-15H2,1-6H3. The predicted molar refractivity (Wildman–Crippen MR) is 152 cm³/mol. The van der Waals surface area contributed by atoms with E-state index >= 15 is 0 Å². The monoisotopic (exact) mass is 542 g/mol. The van der Waals surface area contributed by atoms with Crippen LogP contribution in [-0.2, 0) is 18.9 Å². The maximum absolute atomic E-state index is 7.31. The second-order valence-electron chi connectivity index (χ2n) is 14.9. The van der Waals surface area contributed by atoms with Crippen LogP contribution in [0.25, 0.3) is 0 Å². The highest BCUT2D eigenvalue weighted by atomic mass is 16.7. The zero-order valence-corrected chi connectivity index (χ0v) is 25.3. The minimum Gasteiger partial charge on any atom is -0.349 e. The molecule has 17 unspecified atom stereocenters. The lowest BCUT2D eigenvalue weighted by atomic mass is 9.55. The summed E-state index contributed by atoms with van der Waals surface area (Å²) in [6.45, 7) is 15.1. The molecule has 2 aliphatic carbocycles. The second-order valence-corrected chi connectivity index (χ2v) is 14.9. The highest BCUT2D eigenvalue weighted by Crippen LogP contribution is 2.59. The van der Waals surface area contributed by atoms with E-state index in [1.807, 2.05) is 0 Å². The van der Waals surface area contributed by atoms with E-state index in [-0.39, 0.29) is 30.9 Å². The molecule has 7 aliphatic rings. The molecule has 0 amide bonds. The van der Waals surface area contributed by atoms with Gasteiger partial charge in [-0.25, -0.2) is 0 Å². The molecule has 7 fully saturated rings. The molecule has 2 saturated carbocycles. The van der Waals surface area contributed by atoms with Crippen molar-refractivity contribution < 1.29 is 18.9 Å². The summed E-state index contributed by atoms with van der Waals surface area (Å²) in [5.74, 6) is 6.52. The number of fused-ring (bicyclic) bond motifs is 5. The number of hydrogen-bond donors (Lipinski definition) is 1. The van der Waals surface area contributed by atoms with Crippen LogP contribution in [0.2, 0.25) is 0 Å². The van der Waals surface area contributed by atoms with Gasteiger partial charge in [0.25, 0.3) is 0 Å². The molecule has 5 heterocycles. The molecule has 5 aliphatic heterocycles. The molecule has 0 radical (unpaired) electrons. The summed E-state index contributed by atoms with van der Waals surface area (Å²) in [5, 5.41) is 5.03. The molecule has 0 aromatic carbocycles. The molecule has 6 bridgehead atoms. The molecule has 5 saturated heterocycles. The van der Waals surface area contributed by atoms with E-state index in [2.05, 4.69) is 47.0 Å². The van der Waals surface area contributed by atoms with Crippen molar-refractivity contribution in [2.45, 2.75) is 130 Å². The fourth-order valence-electron chi connectivity index (χ4n) is 11.0. The first kappa shape index (κ1) is 27.2. The van der Waals surface area contributed by atoms with Crippen LogP contribution in [0.1, 0.15) is 92.9 Å². The van der Waals surface area contributed by atoms with Gasteiger partial charge in [-0.1, -0.05) is 34.1 Å². The fraction of sp³-hybridized carbons (Fsp3) is 0.970. The molecule has 0 aromatic rings. The number of rotatable bonds is 2. The van der Waals surface area contributed by atoms with Gasteiger partial charge >= 0.3 is 0 Å². The molecule has 7 rings (SSSR count). The molecule has 6 heteroatoms. The molecule has 17 atom stereocenters. The van der Waals surface area contributed by atoms with Crippen molar-refractivity contribution in [3.63, 3.8) is 0 Å². The quantitative estimate of drug-likeness (QED) is 0.419. The van der Waals surface area contributed by atoms with E-state index in [0.717, 1.165) is 31.0 Å². The SMILES string of the molecule is CCNN=C1CC2OC3OC(C)CCC4C(C)C(CC(C2C)C34)C2CCC3C(C)CCC4C(C)C1OC(O2)C34. The summed E-state index contributed by atoms with van der Waals surface area (Å²) in [4.78, 5) is 0. The molecular formula is C33H54N2O4. The number of hydrogen-bond acceptors (Lipinski definition) is 6. The Kier molecular flexibility index (Phi) is 7.34. The zero-order chi connectivity index (χ0) is 27.0. The highest BCUT2D eigenvalue weighted by Gasteiger charge is 2.59. The van der Waals surface area contributed by atoms with Gasteiger partial charge in [0.1, 0.15) is 6.10 Å². The lowest BCUT2D eigenvalue weighted by Gasteiger charge is -2.57. The lowest BCUT2D eigenvalue weighted by Crippen LogP contribution is -2.59. The number of nitrogens with zero attached hydrogens (tertiary/aromatic N) is 1.